The molecule has 168 valence electrons. The van der Waals surface area contributed by atoms with E-state index in [9.17, 15) is 13.2 Å². The highest BCUT2D eigenvalue weighted by Gasteiger charge is 2.35. The number of ether oxygens (including phenoxy) is 1. The monoisotopic (exact) mass is 447 g/mol. The van der Waals surface area contributed by atoms with Gasteiger partial charge in [0, 0.05) is 19.0 Å². The van der Waals surface area contributed by atoms with Gasteiger partial charge in [0.25, 0.3) is 0 Å². The molecule has 1 saturated carbocycles. The lowest BCUT2D eigenvalue weighted by atomic mass is 9.97. The number of aryl methyl sites for hydroxylation is 2. The van der Waals surface area contributed by atoms with E-state index in [1.807, 2.05) is 24.3 Å². The molecule has 2 aromatic rings. The Balaban J connectivity index is 1.38. The molecule has 2 heterocycles. The van der Waals surface area contributed by atoms with Crippen molar-refractivity contribution in [1.82, 2.24) is 9.46 Å². The van der Waals surface area contributed by atoms with E-state index in [2.05, 4.69) is 10.5 Å². The lowest BCUT2D eigenvalue weighted by molar-refractivity contribution is -0.120. The quantitative estimate of drug-likeness (QED) is 0.725. The van der Waals surface area contributed by atoms with Crippen LogP contribution in [0.1, 0.15) is 50.0 Å². The molecule has 31 heavy (non-hydrogen) atoms. The minimum atomic E-state index is -3.68. The maximum atomic E-state index is 13.0. The minimum Gasteiger partial charge on any atom is -0.488 e. The van der Waals surface area contributed by atoms with Crippen LogP contribution in [0.4, 0.5) is 5.69 Å². The third-order valence-electron chi connectivity index (χ3n) is 6.13. The summed E-state index contributed by atoms with van der Waals surface area (Å²) >= 11 is 0. The average Bonchev–Trinajstić information content (AvgIpc) is 3.39. The van der Waals surface area contributed by atoms with E-state index in [0.717, 1.165) is 12.8 Å². The van der Waals surface area contributed by atoms with Gasteiger partial charge in [-0.05, 0) is 64.5 Å². The van der Waals surface area contributed by atoms with E-state index in [0.29, 0.717) is 30.0 Å². The molecular formula is C22H29N3O5S. The number of piperidine rings is 1. The molecule has 1 aromatic heterocycles. The molecule has 0 unspecified atom stereocenters. The molecule has 8 nitrogen and oxygen atoms in total. The molecule has 1 aliphatic carbocycles. The second-order valence-electron chi connectivity index (χ2n) is 8.34. The van der Waals surface area contributed by atoms with Crippen molar-refractivity contribution in [3.63, 3.8) is 0 Å². The molecule has 0 spiro atoms. The van der Waals surface area contributed by atoms with Crippen molar-refractivity contribution in [3.05, 3.63) is 35.7 Å². The van der Waals surface area contributed by atoms with E-state index in [-0.39, 0.29) is 41.7 Å². The zero-order valence-electron chi connectivity index (χ0n) is 18.0. The van der Waals surface area contributed by atoms with Crippen molar-refractivity contribution in [1.29, 1.82) is 0 Å². The Labute approximate surface area is 183 Å². The van der Waals surface area contributed by atoms with Crippen molar-refractivity contribution >= 4 is 21.6 Å². The lowest BCUT2D eigenvalue weighted by Gasteiger charge is -2.30. The highest BCUT2D eigenvalue weighted by atomic mass is 32.2. The Morgan fingerprint density at radius 3 is 2.45 bits per heavy atom. The number of carbonyl (C=O) groups excluding carboxylic acids is 1. The Kier molecular flexibility index (Phi) is 6.34. The second-order valence-corrected chi connectivity index (χ2v) is 10.2. The molecule has 1 N–H and O–H groups in total. The number of aromatic nitrogens is 1. The number of nitrogens with zero attached hydrogens (tertiary/aromatic N) is 2. The van der Waals surface area contributed by atoms with Crippen LogP contribution in [-0.4, -0.2) is 43.0 Å². The van der Waals surface area contributed by atoms with Crippen LogP contribution in [0.3, 0.4) is 0 Å². The first-order valence-electron chi connectivity index (χ1n) is 10.9. The number of para-hydroxylation sites is 2. The number of amides is 1. The van der Waals surface area contributed by atoms with Crippen molar-refractivity contribution < 1.29 is 22.5 Å². The minimum absolute atomic E-state index is 0.100. The van der Waals surface area contributed by atoms with Crippen molar-refractivity contribution in [2.24, 2.45) is 5.92 Å². The maximum absolute atomic E-state index is 13.0. The van der Waals surface area contributed by atoms with E-state index < -0.39 is 10.0 Å². The predicted molar refractivity (Wildman–Crippen MR) is 115 cm³/mol. The summed E-state index contributed by atoms with van der Waals surface area (Å²) in [6.07, 6.45) is 5.56. The van der Waals surface area contributed by atoms with Crippen LogP contribution in [0.2, 0.25) is 0 Å². The summed E-state index contributed by atoms with van der Waals surface area (Å²) in [6, 6.07) is 7.50. The maximum Gasteiger partial charge on any atom is 0.248 e. The fraction of sp³-hybridized carbons (Fsp3) is 0.545. The van der Waals surface area contributed by atoms with Gasteiger partial charge >= 0.3 is 0 Å². The Bertz CT molecular complexity index is 1020. The summed E-state index contributed by atoms with van der Waals surface area (Å²) in [4.78, 5) is 13.0. The molecule has 2 fully saturated rings. The summed E-state index contributed by atoms with van der Waals surface area (Å²) in [5.41, 5.74) is 1.03. The highest BCUT2D eigenvalue weighted by Crippen LogP contribution is 2.32. The third kappa shape index (κ3) is 4.62. The van der Waals surface area contributed by atoms with E-state index in [1.54, 1.807) is 13.8 Å². The molecule has 0 radical (unpaired) electrons. The topological polar surface area (TPSA) is 102 Å². The van der Waals surface area contributed by atoms with Crippen molar-refractivity contribution in [2.45, 2.75) is 63.4 Å². The number of rotatable bonds is 6. The Morgan fingerprint density at radius 2 is 1.81 bits per heavy atom. The van der Waals surface area contributed by atoms with Gasteiger partial charge < -0.3 is 14.6 Å². The molecule has 0 atom stereocenters. The van der Waals surface area contributed by atoms with Crippen LogP contribution in [0.25, 0.3) is 0 Å². The predicted octanol–water partition coefficient (Wildman–Crippen LogP) is 3.65. The lowest BCUT2D eigenvalue weighted by Crippen LogP contribution is -2.41. The summed E-state index contributed by atoms with van der Waals surface area (Å²) in [5.74, 6) is 0.630. The second kappa shape index (κ2) is 9.00. The van der Waals surface area contributed by atoms with Crippen molar-refractivity contribution in [3.8, 4) is 5.75 Å². The standard InChI is InChI=1S/C22H29N3O5S/c1-15-21(16(2)30-24-15)31(27,28)25-13-11-17(12-14-25)22(26)23-19-9-5-6-10-20(19)29-18-7-3-4-8-18/h5-6,9-10,17-18H,3-4,7-8,11-14H2,1-2H3,(H,23,26). The molecule has 2 aliphatic rings. The third-order valence-corrected chi connectivity index (χ3v) is 8.27. The van der Waals surface area contributed by atoms with Gasteiger partial charge in [-0.15, -0.1) is 0 Å². The molecular weight excluding hydrogens is 418 g/mol. The highest BCUT2D eigenvalue weighted by molar-refractivity contribution is 7.89. The fourth-order valence-corrected chi connectivity index (χ4v) is 6.18. The van der Waals surface area contributed by atoms with E-state index in [4.69, 9.17) is 9.26 Å². The van der Waals surface area contributed by atoms with Crippen molar-refractivity contribution in [2.75, 3.05) is 18.4 Å². The number of sulfonamides is 1. The molecule has 1 aromatic carbocycles. The van der Waals surface area contributed by atoms with Crippen LogP contribution in [0.5, 0.6) is 5.75 Å². The first-order valence-corrected chi connectivity index (χ1v) is 12.3. The molecule has 0 bridgehead atoms. The van der Waals surface area contributed by atoms with Crippen LogP contribution in [-0.2, 0) is 14.8 Å². The van der Waals surface area contributed by atoms with E-state index >= 15 is 0 Å². The first kappa shape index (κ1) is 21.8. The molecule has 1 aliphatic heterocycles. The number of benzene rings is 1. The van der Waals surface area contributed by atoms with Gasteiger partial charge in [-0.3, -0.25) is 4.79 Å². The SMILES string of the molecule is Cc1noc(C)c1S(=O)(=O)N1CCC(C(=O)Nc2ccccc2OC2CCCC2)CC1. The summed E-state index contributed by atoms with van der Waals surface area (Å²) < 4.78 is 38.5. The van der Waals surface area contributed by atoms with Gasteiger partial charge in [-0.1, -0.05) is 17.3 Å². The largest absolute Gasteiger partial charge is 0.488 e. The molecule has 4 rings (SSSR count). The van der Waals surface area contributed by atoms with Crippen LogP contribution < -0.4 is 10.1 Å². The molecule has 1 saturated heterocycles. The van der Waals surface area contributed by atoms with Crippen LogP contribution >= 0.6 is 0 Å². The number of hydrogen-bond acceptors (Lipinski definition) is 6. The van der Waals surface area contributed by atoms with Gasteiger partial charge in [0.15, 0.2) is 5.76 Å². The summed E-state index contributed by atoms with van der Waals surface area (Å²) in [6.45, 7) is 3.78. The van der Waals surface area contributed by atoms with Gasteiger partial charge in [-0.25, -0.2) is 8.42 Å². The van der Waals surface area contributed by atoms with Gasteiger partial charge in [0.05, 0.1) is 11.8 Å². The Hall–Kier alpha value is -2.39. The number of hydrogen-bond donors (Lipinski definition) is 1. The smallest absolute Gasteiger partial charge is 0.248 e. The zero-order chi connectivity index (χ0) is 22.0. The van der Waals surface area contributed by atoms with Crippen LogP contribution in [0, 0.1) is 19.8 Å². The zero-order valence-corrected chi connectivity index (χ0v) is 18.8. The number of carbonyl (C=O) groups is 1. The first-order chi connectivity index (χ1) is 14.9. The van der Waals surface area contributed by atoms with Gasteiger partial charge in [-0.2, -0.15) is 4.31 Å². The molecule has 9 heteroatoms. The van der Waals surface area contributed by atoms with E-state index in [1.165, 1.54) is 17.1 Å². The average molecular weight is 448 g/mol. The number of nitrogens with one attached hydrogen (secondary N) is 1. The number of anilines is 1. The Morgan fingerprint density at radius 1 is 1.13 bits per heavy atom. The normalized spacial score (nSPS) is 18.9. The van der Waals surface area contributed by atoms with Crippen LogP contribution in [0.15, 0.2) is 33.7 Å². The summed E-state index contributed by atoms with van der Waals surface area (Å²) in [5, 5.41) is 6.75. The fourth-order valence-electron chi connectivity index (χ4n) is 4.42. The van der Waals surface area contributed by atoms with Gasteiger partial charge in [0.1, 0.15) is 16.3 Å². The molecule has 1 amide bonds. The van der Waals surface area contributed by atoms with Gasteiger partial charge in [0.2, 0.25) is 15.9 Å². The summed E-state index contributed by atoms with van der Waals surface area (Å²) in [7, 11) is -3.68.